The van der Waals surface area contributed by atoms with Gasteiger partial charge < -0.3 is 10.5 Å². The molecule has 0 spiro atoms. The fourth-order valence-corrected chi connectivity index (χ4v) is 1.85. The van der Waals surface area contributed by atoms with Crippen LogP contribution in [0.15, 0.2) is 12.3 Å². The third-order valence-electron chi connectivity index (χ3n) is 2.79. The van der Waals surface area contributed by atoms with Gasteiger partial charge in [-0.3, -0.25) is 9.58 Å². The van der Waals surface area contributed by atoms with Crippen LogP contribution in [-0.2, 0) is 18.3 Å². The first kappa shape index (κ1) is 10.6. The second-order valence-corrected chi connectivity index (χ2v) is 3.91. The highest BCUT2D eigenvalue weighted by atomic mass is 16.5. The van der Waals surface area contributed by atoms with Crippen molar-refractivity contribution in [3.05, 3.63) is 18.0 Å². The molecule has 1 saturated heterocycles. The van der Waals surface area contributed by atoms with E-state index in [1.807, 2.05) is 24.0 Å². The highest BCUT2D eigenvalue weighted by Gasteiger charge is 2.19. The van der Waals surface area contributed by atoms with Gasteiger partial charge in [0.25, 0.3) is 0 Å². The van der Waals surface area contributed by atoms with Crippen molar-refractivity contribution in [2.45, 2.75) is 12.6 Å². The average molecular weight is 210 g/mol. The molecular weight excluding hydrogens is 192 g/mol. The van der Waals surface area contributed by atoms with Gasteiger partial charge in [-0.05, 0) is 6.07 Å². The minimum atomic E-state index is 0.187. The molecule has 2 rings (SSSR count). The van der Waals surface area contributed by atoms with Crippen LogP contribution in [-0.4, -0.2) is 47.0 Å². The van der Waals surface area contributed by atoms with Gasteiger partial charge in [-0.1, -0.05) is 0 Å². The third-order valence-corrected chi connectivity index (χ3v) is 2.79. The average Bonchev–Trinajstić information content (AvgIpc) is 2.65. The number of nitrogens with two attached hydrogens (primary N) is 1. The number of nitrogens with zero attached hydrogens (tertiary/aromatic N) is 3. The van der Waals surface area contributed by atoms with E-state index in [0.717, 1.165) is 26.2 Å². The summed E-state index contributed by atoms with van der Waals surface area (Å²) in [7, 11) is 1.97. The molecule has 1 aromatic rings. The number of morpholine rings is 1. The highest BCUT2D eigenvalue weighted by Crippen LogP contribution is 2.08. The molecule has 1 fully saturated rings. The Labute approximate surface area is 89.8 Å². The molecule has 84 valence electrons. The lowest BCUT2D eigenvalue weighted by Crippen LogP contribution is -2.45. The van der Waals surface area contributed by atoms with Gasteiger partial charge in [-0.25, -0.2) is 0 Å². The van der Waals surface area contributed by atoms with Crippen molar-refractivity contribution in [3.8, 4) is 0 Å². The van der Waals surface area contributed by atoms with E-state index in [1.54, 1.807) is 0 Å². The van der Waals surface area contributed by atoms with Gasteiger partial charge in [0.1, 0.15) is 0 Å². The molecule has 1 aromatic heterocycles. The predicted octanol–water partition coefficient (Wildman–Crippen LogP) is -0.420. The van der Waals surface area contributed by atoms with Crippen molar-refractivity contribution in [1.29, 1.82) is 0 Å². The molecule has 1 aliphatic rings. The maximum atomic E-state index is 5.60. The molecule has 0 bridgehead atoms. The molecule has 1 aliphatic heterocycles. The lowest BCUT2D eigenvalue weighted by Gasteiger charge is -2.32. The Bertz CT molecular complexity index is 312. The number of aryl methyl sites for hydroxylation is 1. The number of ether oxygens (including phenoxy) is 1. The Kier molecular flexibility index (Phi) is 3.35. The molecule has 2 heterocycles. The Balaban J connectivity index is 1.92. The second kappa shape index (κ2) is 4.74. The number of hydrogen-bond donors (Lipinski definition) is 1. The molecule has 2 N–H and O–H groups in total. The summed E-state index contributed by atoms with van der Waals surface area (Å²) in [6.07, 6.45) is 2.02. The predicted molar refractivity (Wildman–Crippen MR) is 57.3 cm³/mol. The Hall–Kier alpha value is -0.910. The zero-order valence-electron chi connectivity index (χ0n) is 9.09. The van der Waals surface area contributed by atoms with Gasteiger partial charge in [0.15, 0.2) is 0 Å². The minimum Gasteiger partial charge on any atom is -0.374 e. The fraction of sp³-hybridized carbons (Fsp3) is 0.700. The monoisotopic (exact) mass is 210 g/mol. The van der Waals surface area contributed by atoms with Crippen LogP contribution in [0.2, 0.25) is 0 Å². The van der Waals surface area contributed by atoms with Crippen LogP contribution < -0.4 is 5.73 Å². The SMILES string of the molecule is Cn1nccc1CN1CCOC(CN)C1. The molecule has 5 nitrogen and oxygen atoms in total. The molecule has 5 heteroatoms. The van der Waals surface area contributed by atoms with Crippen LogP contribution in [0, 0.1) is 0 Å². The van der Waals surface area contributed by atoms with Gasteiger partial charge in [-0.15, -0.1) is 0 Å². The standard InChI is InChI=1S/C10H18N4O/c1-13-9(2-3-12-13)7-14-4-5-15-10(6-11)8-14/h2-3,10H,4-8,11H2,1H3. The maximum Gasteiger partial charge on any atom is 0.0824 e. The van der Waals surface area contributed by atoms with Gasteiger partial charge in [0.05, 0.1) is 18.4 Å². The van der Waals surface area contributed by atoms with Crippen LogP contribution >= 0.6 is 0 Å². The van der Waals surface area contributed by atoms with Crippen molar-refractivity contribution in [2.75, 3.05) is 26.2 Å². The molecule has 0 amide bonds. The summed E-state index contributed by atoms with van der Waals surface area (Å²) in [6, 6.07) is 2.05. The maximum absolute atomic E-state index is 5.60. The largest absolute Gasteiger partial charge is 0.374 e. The van der Waals surface area contributed by atoms with E-state index in [0.29, 0.717) is 6.54 Å². The van der Waals surface area contributed by atoms with Crippen molar-refractivity contribution >= 4 is 0 Å². The summed E-state index contributed by atoms with van der Waals surface area (Å²) in [6.45, 7) is 4.20. The lowest BCUT2D eigenvalue weighted by molar-refractivity contribution is -0.0267. The summed E-state index contributed by atoms with van der Waals surface area (Å²) < 4.78 is 7.43. The summed E-state index contributed by atoms with van der Waals surface area (Å²) in [4.78, 5) is 2.36. The van der Waals surface area contributed by atoms with Crippen LogP contribution in [0.4, 0.5) is 0 Å². The van der Waals surface area contributed by atoms with Crippen molar-refractivity contribution in [3.63, 3.8) is 0 Å². The van der Waals surface area contributed by atoms with Crippen molar-refractivity contribution < 1.29 is 4.74 Å². The van der Waals surface area contributed by atoms with E-state index < -0.39 is 0 Å². The van der Waals surface area contributed by atoms with E-state index in [-0.39, 0.29) is 6.10 Å². The second-order valence-electron chi connectivity index (χ2n) is 3.91. The van der Waals surface area contributed by atoms with Gasteiger partial charge >= 0.3 is 0 Å². The topological polar surface area (TPSA) is 56.3 Å². The molecular formula is C10H18N4O. The molecule has 0 aliphatic carbocycles. The lowest BCUT2D eigenvalue weighted by atomic mass is 10.2. The van der Waals surface area contributed by atoms with Crippen LogP contribution in [0.25, 0.3) is 0 Å². The Morgan fingerprint density at radius 3 is 3.20 bits per heavy atom. The van der Waals surface area contributed by atoms with E-state index in [4.69, 9.17) is 10.5 Å². The first-order chi connectivity index (χ1) is 7.29. The molecule has 0 aromatic carbocycles. The first-order valence-electron chi connectivity index (χ1n) is 5.30. The first-order valence-corrected chi connectivity index (χ1v) is 5.30. The van der Waals surface area contributed by atoms with Crippen molar-refractivity contribution in [1.82, 2.24) is 14.7 Å². The summed E-state index contributed by atoms with van der Waals surface area (Å²) >= 11 is 0. The normalized spacial score (nSPS) is 23.2. The minimum absolute atomic E-state index is 0.187. The Morgan fingerprint density at radius 2 is 2.53 bits per heavy atom. The third kappa shape index (κ3) is 2.56. The fourth-order valence-electron chi connectivity index (χ4n) is 1.85. The van der Waals surface area contributed by atoms with Gasteiger partial charge in [0, 0.05) is 39.4 Å². The molecule has 15 heavy (non-hydrogen) atoms. The zero-order chi connectivity index (χ0) is 10.7. The van der Waals surface area contributed by atoms with Crippen molar-refractivity contribution in [2.24, 2.45) is 12.8 Å². The molecule has 0 saturated carbocycles. The van der Waals surface area contributed by atoms with Crippen LogP contribution in [0.3, 0.4) is 0 Å². The van der Waals surface area contributed by atoms with E-state index in [9.17, 15) is 0 Å². The smallest absolute Gasteiger partial charge is 0.0824 e. The van der Waals surface area contributed by atoms with E-state index in [1.165, 1.54) is 5.69 Å². The molecule has 1 atom stereocenters. The molecule has 1 unspecified atom stereocenters. The quantitative estimate of drug-likeness (QED) is 0.736. The van der Waals surface area contributed by atoms with Crippen LogP contribution in [0.5, 0.6) is 0 Å². The zero-order valence-corrected chi connectivity index (χ0v) is 9.09. The highest BCUT2D eigenvalue weighted by molar-refractivity contribution is 5.00. The summed E-state index contributed by atoms with van der Waals surface area (Å²) in [5.41, 5.74) is 6.83. The van der Waals surface area contributed by atoms with E-state index >= 15 is 0 Å². The number of hydrogen-bond acceptors (Lipinski definition) is 4. The number of rotatable bonds is 3. The summed E-state index contributed by atoms with van der Waals surface area (Å²) in [5.74, 6) is 0. The number of aromatic nitrogens is 2. The summed E-state index contributed by atoms with van der Waals surface area (Å²) in [5, 5.41) is 4.16. The van der Waals surface area contributed by atoms with Crippen LogP contribution in [0.1, 0.15) is 5.69 Å². The van der Waals surface area contributed by atoms with Gasteiger partial charge in [-0.2, -0.15) is 5.10 Å². The Morgan fingerprint density at radius 1 is 1.67 bits per heavy atom. The van der Waals surface area contributed by atoms with E-state index in [2.05, 4.69) is 10.00 Å². The molecule has 0 radical (unpaired) electrons. The van der Waals surface area contributed by atoms with Gasteiger partial charge in [0.2, 0.25) is 0 Å².